The van der Waals surface area contributed by atoms with Crippen LogP contribution in [0.25, 0.3) is 10.9 Å². The number of hydrazone groups is 1. The fourth-order valence-corrected chi connectivity index (χ4v) is 2.67. The molecule has 0 aliphatic carbocycles. The van der Waals surface area contributed by atoms with Crippen molar-refractivity contribution >= 4 is 40.1 Å². The van der Waals surface area contributed by atoms with E-state index in [4.69, 9.17) is 12.2 Å². The van der Waals surface area contributed by atoms with Crippen LogP contribution in [0.15, 0.2) is 53.8 Å². The van der Waals surface area contributed by atoms with E-state index in [0.717, 1.165) is 33.3 Å². The number of para-hydroxylation sites is 2. The van der Waals surface area contributed by atoms with E-state index in [0.29, 0.717) is 5.11 Å². The van der Waals surface area contributed by atoms with Crippen LogP contribution in [-0.4, -0.2) is 16.3 Å². The summed E-state index contributed by atoms with van der Waals surface area (Å²) in [4.78, 5) is 3.21. The molecule has 3 rings (SSSR count). The summed E-state index contributed by atoms with van der Waals surface area (Å²) in [6.45, 7) is 4.10. The highest BCUT2D eigenvalue weighted by molar-refractivity contribution is 7.80. The van der Waals surface area contributed by atoms with Gasteiger partial charge in [0, 0.05) is 28.4 Å². The van der Waals surface area contributed by atoms with E-state index in [1.807, 2.05) is 56.4 Å². The van der Waals surface area contributed by atoms with E-state index >= 15 is 0 Å². The number of aromatic amines is 1. The van der Waals surface area contributed by atoms with Gasteiger partial charge in [0.25, 0.3) is 0 Å². The molecule has 0 aliphatic heterocycles. The Morgan fingerprint density at radius 1 is 1.09 bits per heavy atom. The molecule has 0 bridgehead atoms. The Morgan fingerprint density at radius 3 is 2.61 bits per heavy atom. The molecule has 0 saturated carbocycles. The van der Waals surface area contributed by atoms with Crippen molar-refractivity contribution in [1.29, 1.82) is 0 Å². The smallest absolute Gasteiger partial charge is 0.191 e. The molecule has 0 saturated heterocycles. The van der Waals surface area contributed by atoms with Crippen LogP contribution in [0.1, 0.15) is 16.7 Å². The van der Waals surface area contributed by atoms with E-state index in [1.165, 1.54) is 0 Å². The molecule has 2 aromatic carbocycles. The van der Waals surface area contributed by atoms with Crippen LogP contribution in [0.2, 0.25) is 0 Å². The molecule has 0 atom stereocenters. The topological polar surface area (TPSA) is 52.2 Å². The van der Waals surface area contributed by atoms with Gasteiger partial charge in [0.15, 0.2) is 5.11 Å². The largest absolute Gasteiger partial charge is 0.361 e. The minimum atomic E-state index is 0.471. The zero-order valence-electron chi connectivity index (χ0n) is 13.1. The maximum Gasteiger partial charge on any atom is 0.191 e. The lowest BCUT2D eigenvalue weighted by Crippen LogP contribution is -2.24. The molecule has 0 fully saturated rings. The van der Waals surface area contributed by atoms with E-state index in [-0.39, 0.29) is 0 Å². The third-order valence-electron chi connectivity index (χ3n) is 3.71. The maximum atomic E-state index is 5.30. The number of hydrogen-bond donors (Lipinski definition) is 3. The van der Waals surface area contributed by atoms with Gasteiger partial charge in [0.2, 0.25) is 0 Å². The number of aryl methyl sites for hydroxylation is 2. The van der Waals surface area contributed by atoms with Gasteiger partial charge < -0.3 is 10.3 Å². The predicted octanol–water partition coefficient (Wildman–Crippen LogP) is 4.11. The second-order valence-electron chi connectivity index (χ2n) is 5.38. The number of aromatic nitrogens is 1. The number of nitrogens with one attached hydrogen (secondary N) is 3. The van der Waals surface area contributed by atoms with Crippen LogP contribution in [0.4, 0.5) is 5.69 Å². The van der Waals surface area contributed by atoms with Crippen molar-refractivity contribution in [2.24, 2.45) is 5.10 Å². The fraction of sp³-hybridized carbons (Fsp3) is 0.111. The second-order valence-corrected chi connectivity index (χ2v) is 5.79. The lowest BCUT2D eigenvalue weighted by molar-refractivity contribution is 1.05. The lowest BCUT2D eigenvalue weighted by atomic mass is 10.1. The van der Waals surface area contributed by atoms with Crippen molar-refractivity contribution in [2.45, 2.75) is 13.8 Å². The first-order valence-electron chi connectivity index (χ1n) is 7.37. The molecule has 0 radical (unpaired) electrons. The molecular formula is C18H18N4S. The highest BCUT2D eigenvalue weighted by Gasteiger charge is 2.03. The number of anilines is 1. The average Bonchev–Trinajstić information content (AvgIpc) is 2.95. The first kappa shape index (κ1) is 15.2. The molecule has 116 valence electrons. The highest BCUT2D eigenvalue weighted by atomic mass is 32.1. The SMILES string of the molecule is Cc1cccc(C)c1NC(=S)NN=Cc1c[nH]c2ccccc12. The third kappa shape index (κ3) is 3.40. The predicted molar refractivity (Wildman–Crippen MR) is 101 cm³/mol. The third-order valence-corrected chi connectivity index (χ3v) is 3.90. The maximum absolute atomic E-state index is 5.30. The average molecular weight is 322 g/mol. The monoisotopic (exact) mass is 322 g/mol. The Balaban J connectivity index is 1.67. The van der Waals surface area contributed by atoms with Gasteiger partial charge in [-0.05, 0) is 43.3 Å². The summed E-state index contributed by atoms with van der Waals surface area (Å²) < 4.78 is 0. The lowest BCUT2D eigenvalue weighted by Gasteiger charge is -2.12. The molecule has 3 aromatic rings. The van der Waals surface area contributed by atoms with Gasteiger partial charge in [-0.25, -0.2) is 0 Å². The number of benzene rings is 2. The van der Waals surface area contributed by atoms with E-state index in [9.17, 15) is 0 Å². The van der Waals surface area contributed by atoms with Crippen LogP contribution in [-0.2, 0) is 0 Å². The molecule has 1 heterocycles. The number of thiocarbonyl (C=S) groups is 1. The van der Waals surface area contributed by atoms with Crippen LogP contribution in [0.5, 0.6) is 0 Å². The molecule has 0 unspecified atom stereocenters. The van der Waals surface area contributed by atoms with Crippen LogP contribution >= 0.6 is 12.2 Å². The fourth-order valence-electron chi connectivity index (χ4n) is 2.51. The second kappa shape index (κ2) is 6.62. The van der Waals surface area contributed by atoms with Gasteiger partial charge in [-0.2, -0.15) is 5.10 Å². The van der Waals surface area contributed by atoms with Crippen molar-refractivity contribution in [3.8, 4) is 0 Å². The Hall–Kier alpha value is -2.66. The minimum absolute atomic E-state index is 0.471. The molecule has 0 spiro atoms. The Bertz CT molecular complexity index is 859. The molecule has 0 aliphatic rings. The Morgan fingerprint density at radius 2 is 1.83 bits per heavy atom. The van der Waals surface area contributed by atoms with Crippen molar-refractivity contribution in [1.82, 2.24) is 10.4 Å². The summed E-state index contributed by atoms with van der Waals surface area (Å²) in [7, 11) is 0. The van der Waals surface area contributed by atoms with Gasteiger partial charge in [-0.3, -0.25) is 5.43 Å². The number of nitrogens with zero attached hydrogens (tertiary/aromatic N) is 1. The van der Waals surface area contributed by atoms with Gasteiger partial charge in [-0.1, -0.05) is 36.4 Å². The summed E-state index contributed by atoms with van der Waals surface area (Å²) in [6, 6.07) is 14.2. The number of hydrogen-bond acceptors (Lipinski definition) is 2. The van der Waals surface area contributed by atoms with Crippen molar-refractivity contribution < 1.29 is 0 Å². The molecule has 0 amide bonds. The number of fused-ring (bicyclic) bond motifs is 1. The van der Waals surface area contributed by atoms with Gasteiger partial charge in [0.1, 0.15) is 0 Å². The molecular weight excluding hydrogens is 304 g/mol. The van der Waals surface area contributed by atoms with Crippen LogP contribution in [0.3, 0.4) is 0 Å². The first-order valence-corrected chi connectivity index (χ1v) is 7.78. The minimum Gasteiger partial charge on any atom is -0.361 e. The van der Waals surface area contributed by atoms with Gasteiger partial charge in [-0.15, -0.1) is 0 Å². The van der Waals surface area contributed by atoms with Gasteiger partial charge in [0.05, 0.1) is 6.21 Å². The molecule has 4 nitrogen and oxygen atoms in total. The Labute approximate surface area is 140 Å². The summed E-state index contributed by atoms with van der Waals surface area (Å²) in [5.41, 5.74) is 8.29. The summed E-state index contributed by atoms with van der Waals surface area (Å²) in [5.74, 6) is 0. The van der Waals surface area contributed by atoms with E-state index in [1.54, 1.807) is 6.21 Å². The Kier molecular flexibility index (Phi) is 4.39. The van der Waals surface area contributed by atoms with Crippen molar-refractivity contribution in [3.63, 3.8) is 0 Å². The quantitative estimate of drug-likeness (QED) is 0.386. The van der Waals surface area contributed by atoms with E-state index < -0.39 is 0 Å². The summed E-state index contributed by atoms with van der Waals surface area (Å²) >= 11 is 5.30. The number of H-pyrrole nitrogens is 1. The van der Waals surface area contributed by atoms with E-state index in [2.05, 4.69) is 26.9 Å². The first-order chi connectivity index (χ1) is 11.1. The number of rotatable bonds is 3. The molecule has 5 heteroatoms. The molecule has 1 aromatic heterocycles. The summed E-state index contributed by atoms with van der Waals surface area (Å²) in [5, 5.41) is 9.02. The van der Waals surface area contributed by atoms with Gasteiger partial charge >= 0.3 is 0 Å². The van der Waals surface area contributed by atoms with Crippen molar-refractivity contribution in [2.75, 3.05) is 5.32 Å². The summed E-state index contributed by atoms with van der Waals surface area (Å²) in [6.07, 6.45) is 3.69. The highest BCUT2D eigenvalue weighted by Crippen LogP contribution is 2.19. The zero-order valence-corrected chi connectivity index (χ0v) is 13.9. The van der Waals surface area contributed by atoms with Crippen LogP contribution < -0.4 is 10.7 Å². The standard InChI is InChI=1S/C18H18N4S/c1-12-6-5-7-13(2)17(12)21-18(23)22-20-11-14-10-19-16-9-4-3-8-15(14)16/h3-11,19H,1-2H3,(H2,21,22,23). The normalized spacial score (nSPS) is 11.0. The molecule has 3 N–H and O–H groups in total. The zero-order chi connectivity index (χ0) is 16.2. The van der Waals surface area contributed by atoms with Crippen LogP contribution in [0, 0.1) is 13.8 Å². The molecule has 23 heavy (non-hydrogen) atoms. The van der Waals surface area contributed by atoms with Crippen molar-refractivity contribution in [3.05, 3.63) is 65.4 Å².